The summed E-state index contributed by atoms with van der Waals surface area (Å²) in [6.45, 7) is 1.78. The summed E-state index contributed by atoms with van der Waals surface area (Å²) in [6, 6.07) is 4.56. The third-order valence-corrected chi connectivity index (χ3v) is 2.15. The van der Waals surface area contributed by atoms with Crippen LogP contribution in [0.15, 0.2) is 18.2 Å². The quantitative estimate of drug-likeness (QED) is 0.679. The number of alkyl halides is 2. The molecule has 3 heteroatoms. The Balaban J connectivity index is 2.84. The summed E-state index contributed by atoms with van der Waals surface area (Å²) in [5, 5.41) is 0. The van der Waals surface area contributed by atoms with Crippen LogP contribution in [0.3, 0.4) is 0 Å². The zero-order valence-corrected chi connectivity index (χ0v) is 7.97. The van der Waals surface area contributed by atoms with E-state index >= 15 is 0 Å². The highest BCUT2D eigenvalue weighted by Crippen LogP contribution is 2.21. The Morgan fingerprint density at radius 3 is 2.64 bits per heavy atom. The van der Waals surface area contributed by atoms with E-state index < -0.39 is 6.43 Å². The zero-order valence-electron chi connectivity index (χ0n) is 7.97. The molecule has 0 aromatic heterocycles. The van der Waals surface area contributed by atoms with Gasteiger partial charge in [-0.05, 0) is 24.5 Å². The molecule has 14 heavy (non-hydrogen) atoms. The largest absolute Gasteiger partial charge is 0.303 e. The average Bonchev–Trinajstić information content (AvgIpc) is 2.15. The van der Waals surface area contributed by atoms with Gasteiger partial charge >= 0.3 is 0 Å². The molecule has 0 radical (unpaired) electrons. The molecule has 1 aromatic rings. The van der Waals surface area contributed by atoms with Crippen molar-refractivity contribution in [2.24, 2.45) is 0 Å². The van der Waals surface area contributed by atoms with Crippen molar-refractivity contribution in [1.29, 1.82) is 0 Å². The maximum atomic E-state index is 12.3. The summed E-state index contributed by atoms with van der Waals surface area (Å²) < 4.78 is 24.5. The van der Waals surface area contributed by atoms with Crippen LogP contribution in [0, 0.1) is 6.92 Å². The average molecular weight is 198 g/mol. The Morgan fingerprint density at radius 2 is 2.14 bits per heavy atom. The van der Waals surface area contributed by atoms with Crippen LogP contribution in [0.2, 0.25) is 0 Å². The maximum Gasteiger partial charge on any atom is 0.263 e. The molecule has 1 aromatic carbocycles. The molecule has 0 N–H and O–H groups in total. The highest BCUT2D eigenvalue weighted by atomic mass is 19.3. The van der Waals surface area contributed by atoms with Crippen LogP contribution in [0.25, 0.3) is 0 Å². The van der Waals surface area contributed by atoms with Gasteiger partial charge in [-0.1, -0.05) is 18.2 Å². The van der Waals surface area contributed by atoms with Gasteiger partial charge in [0, 0.05) is 12.0 Å². The lowest BCUT2D eigenvalue weighted by Gasteiger charge is -2.06. The van der Waals surface area contributed by atoms with Crippen molar-refractivity contribution in [2.45, 2.75) is 26.2 Å². The number of carbonyl (C=O) groups excluding carboxylic acids is 1. The standard InChI is InChI=1S/C11H12F2O/c1-8-7-10(11(12)13)5-4-9(8)3-2-6-14/h4-7,11H,2-3H2,1H3. The predicted molar refractivity (Wildman–Crippen MR) is 50.5 cm³/mol. The molecule has 0 aliphatic rings. The molecule has 1 rings (SSSR count). The number of halogens is 2. The molecule has 0 fully saturated rings. The summed E-state index contributed by atoms with van der Waals surface area (Å²) in [7, 11) is 0. The van der Waals surface area contributed by atoms with Gasteiger partial charge in [0.1, 0.15) is 6.29 Å². The van der Waals surface area contributed by atoms with E-state index in [4.69, 9.17) is 0 Å². The van der Waals surface area contributed by atoms with Crippen LogP contribution in [-0.2, 0) is 11.2 Å². The van der Waals surface area contributed by atoms with E-state index in [0.717, 1.165) is 17.4 Å². The van der Waals surface area contributed by atoms with Crippen molar-refractivity contribution in [1.82, 2.24) is 0 Å². The molecular weight excluding hydrogens is 186 g/mol. The SMILES string of the molecule is Cc1cc(C(F)F)ccc1CCC=O. The Labute approximate surface area is 81.7 Å². The summed E-state index contributed by atoms with van der Waals surface area (Å²) >= 11 is 0. The van der Waals surface area contributed by atoms with Crippen LogP contribution in [0.4, 0.5) is 8.78 Å². The molecule has 0 heterocycles. The lowest BCUT2D eigenvalue weighted by Crippen LogP contribution is -1.93. The van der Waals surface area contributed by atoms with Crippen molar-refractivity contribution in [3.63, 3.8) is 0 Å². The van der Waals surface area contributed by atoms with Crippen LogP contribution in [0.5, 0.6) is 0 Å². The van der Waals surface area contributed by atoms with E-state index in [-0.39, 0.29) is 5.56 Å². The first-order valence-corrected chi connectivity index (χ1v) is 4.46. The van der Waals surface area contributed by atoms with E-state index in [1.165, 1.54) is 12.1 Å². The monoisotopic (exact) mass is 198 g/mol. The minimum Gasteiger partial charge on any atom is -0.303 e. The van der Waals surface area contributed by atoms with Crippen LogP contribution < -0.4 is 0 Å². The number of carbonyl (C=O) groups is 1. The molecule has 0 bridgehead atoms. The first kappa shape index (κ1) is 10.8. The van der Waals surface area contributed by atoms with E-state index in [1.54, 1.807) is 13.0 Å². The van der Waals surface area contributed by atoms with Gasteiger partial charge in [0.15, 0.2) is 0 Å². The van der Waals surface area contributed by atoms with Gasteiger partial charge in [-0.2, -0.15) is 0 Å². The molecule has 0 spiro atoms. The molecule has 0 saturated heterocycles. The molecule has 0 saturated carbocycles. The molecule has 0 amide bonds. The second-order valence-electron chi connectivity index (χ2n) is 3.19. The van der Waals surface area contributed by atoms with Crippen molar-refractivity contribution >= 4 is 6.29 Å². The van der Waals surface area contributed by atoms with Gasteiger partial charge < -0.3 is 4.79 Å². The highest BCUT2D eigenvalue weighted by Gasteiger charge is 2.08. The number of benzene rings is 1. The second kappa shape index (κ2) is 4.84. The summed E-state index contributed by atoms with van der Waals surface area (Å²) in [5.41, 5.74) is 1.82. The first-order chi connectivity index (χ1) is 6.65. The topological polar surface area (TPSA) is 17.1 Å². The Morgan fingerprint density at radius 1 is 1.43 bits per heavy atom. The fourth-order valence-corrected chi connectivity index (χ4v) is 1.35. The fourth-order valence-electron chi connectivity index (χ4n) is 1.35. The Hall–Kier alpha value is -1.25. The summed E-state index contributed by atoms with van der Waals surface area (Å²) in [4.78, 5) is 10.1. The number of aryl methyl sites for hydroxylation is 2. The van der Waals surface area contributed by atoms with Crippen LogP contribution >= 0.6 is 0 Å². The lowest BCUT2D eigenvalue weighted by molar-refractivity contribution is -0.107. The minimum absolute atomic E-state index is 0.0392. The summed E-state index contributed by atoms with van der Waals surface area (Å²) in [5.74, 6) is 0. The van der Waals surface area contributed by atoms with Crippen LogP contribution in [-0.4, -0.2) is 6.29 Å². The molecule has 0 aliphatic carbocycles. The Kier molecular flexibility index (Phi) is 3.74. The number of aldehydes is 1. The van der Waals surface area contributed by atoms with Crippen LogP contribution in [0.1, 0.15) is 29.5 Å². The third-order valence-electron chi connectivity index (χ3n) is 2.15. The Bertz CT molecular complexity index is 321. The fraction of sp³-hybridized carbons (Fsp3) is 0.364. The molecule has 0 unspecified atom stereocenters. The van der Waals surface area contributed by atoms with Gasteiger partial charge in [-0.25, -0.2) is 8.78 Å². The second-order valence-corrected chi connectivity index (χ2v) is 3.19. The van der Waals surface area contributed by atoms with Crippen molar-refractivity contribution < 1.29 is 13.6 Å². The smallest absolute Gasteiger partial charge is 0.263 e. The predicted octanol–water partition coefficient (Wildman–Crippen LogP) is 3.06. The van der Waals surface area contributed by atoms with Crippen molar-refractivity contribution in [3.8, 4) is 0 Å². The maximum absolute atomic E-state index is 12.3. The van der Waals surface area contributed by atoms with E-state index in [1.807, 2.05) is 0 Å². The lowest BCUT2D eigenvalue weighted by atomic mass is 10.0. The van der Waals surface area contributed by atoms with E-state index in [2.05, 4.69) is 0 Å². The number of rotatable bonds is 4. The van der Waals surface area contributed by atoms with Gasteiger partial charge in [0.2, 0.25) is 0 Å². The van der Waals surface area contributed by atoms with Gasteiger partial charge in [0.05, 0.1) is 0 Å². The highest BCUT2D eigenvalue weighted by molar-refractivity contribution is 5.50. The number of hydrogen-bond acceptors (Lipinski definition) is 1. The van der Waals surface area contributed by atoms with Gasteiger partial charge in [-0.3, -0.25) is 0 Å². The molecule has 76 valence electrons. The van der Waals surface area contributed by atoms with Gasteiger partial charge in [0.25, 0.3) is 6.43 Å². The van der Waals surface area contributed by atoms with E-state index in [0.29, 0.717) is 12.8 Å². The van der Waals surface area contributed by atoms with Crippen molar-refractivity contribution in [3.05, 3.63) is 34.9 Å². The molecule has 0 aliphatic heterocycles. The zero-order chi connectivity index (χ0) is 10.6. The van der Waals surface area contributed by atoms with Crippen molar-refractivity contribution in [2.75, 3.05) is 0 Å². The molecule has 0 atom stereocenters. The first-order valence-electron chi connectivity index (χ1n) is 4.46. The molecule has 1 nitrogen and oxygen atoms in total. The summed E-state index contributed by atoms with van der Waals surface area (Å²) in [6.07, 6.45) is -0.525. The van der Waals surface area contributed by atoms with Gasteiger partial charge in [-0.15, -0.1) is 0 Å². The number of hydrogen-bond donors (Lipinski definition) is 0. The minimum atomic E-state index is -2.42. The molecular formula is C11H12F2O. The normalized spacial score (nSPS) is 10.6. The van der Waals surface area contributed by atoms with E-state index in [9.17, 15) is 13.6 Å². The third kappa shape index (κ3) is 2.62.